The highest BCUT2D eigenvalue weighted by atomic mass is 35.5. The summed E-state index contributed by atoms with van der Waals surface area (Å²) in [5.74, 6) is -0.487. The molecule has 3 fully saturated rings. The van der Waals surface area contributed by atoms with Gasteiger partial charge in [-0.3, -0.25) is 14.5 Å². The highest BCUT2D eigenvalue weighted by Gasteiger charge is 2.51. The lowest BCUT2D eigenvalue weighted by molar-refractivity contribution is -0.136. The molecular formula is C15H25ClN4O3. The number of urea groups is 1. The van der Waals surface area contributed by atoms with Gasteiger partial charge < -0.3 is 16.0 Å². The third kappa shape index (κ3) is 3.77. The van der Waals surface area contributed by atoms with E-state index in [0.29, 0.717) is 12.8 Å². The number of carbonyl (C=O) groups excluding carboxylic acids is 3. The van der Waals surface area contributed by atoms with Crippen molar-refractivity contribution in [3.05, 3.63) is 0 Å². The number of hydrogen-bond acceptors (Lipinski definition) is 4. The van der Waals surface area contributed by atoms with Crippen molar-refractivity contribution in [3.8, 4) is 0 Å². The van der Waals surface area contributed by atoms with Crippen LogP contribution in [0.1, 0.15) is 44.9 Å². The van der Waals surface area contributed by atoms with Crippen LogP contribution in [-0.4, -0.2) is 54.0 Å². The topological polar surface area (TPSA) is 90.5 Å². The van der Waals surface area contributed by atoms with Gasteiger partial charge in [-0.2, -0.15) is 0 Å². The average molecular weight is 345 g/mol. The summed E-state index contributed by atoms with van der Waals surface area (Å²) in [4.78, 5) is 37.9. The molecule has 2 saturated heterocycles. The van der Waals surface area contributed by atoms with Gasteiger partial charge in [-0.1, -0.05) is 19.3 Å². The maximum atomic E-state index is 12.6. The quantitative estimate of drug-likeness (QED) is 0.651. The van der Waals surface area contributed by atoms with Crippen LogP contribution in [0.4, 0.5) is 4.79 Å². The molecule has 1 unspecified atom stereocenters. The zero-order valence-corrected chi connectivity index (χ0v) is 14.0. The lowest BCUT2D eigenvalue weighted by Crippen LogP contribution is -2.51. The van der Waals surface area contributed by atoms with E-state index < -0.39 is 11.6 Å². The van der Waals surface area contributed by atoms with E-state index in [2.05, 4.69) is 16.0 Å². The molecule has 8 heteroatoms. The third-order valence-electron chi connectivity index (χ3n) is 4.92. The second-order valence-corrected chi connectivity index (χ2v) is 6.58. The highest BCUT2D eigenvalue weighted by Crippen LogP contribution is 2.33. The van der Waals surface area contributed by atoms with Crippen molar-refractivity contribution < 1.29 is 14.4 Å². The Morgan fingerprint density at radius 3 is 2.61 bits per heavy atom. The molecule has 3 N–H and O–H groups in total. The smallest absolute Gasteiger partial charge is 0.325 e. The van der Waals surface area contributed by atoms with Crippen molar-refractivity contribution in [2.24, 2.45) is 0 Å². The number of amides is 4. The summed E-state index contributed by atoms with van der Waals surface area (Å²) in [6, 6.07) is -0.338. The number of carbonyl (C=O) groups is 3. The van der Waals surface area contributed by atoms with Gasteiger partial charge in [-0.15, -0.1) is 12.4 Å². The minimum atomic E-state index is -0.748. The Morgan fingerprint density at radius 2 is 1.96 bits per heavy atom. The van der Waals surface area contributed by atoms with Crippen molar-refractivity contribution in [1.82, 2.24) is 20.9 Å². The molecule has 0 aromatic heterocycles. The van der Waals surface area contributed by atoms with Crippen LogP contribution in [0.3, 0.4) is 0 Å². The van der Waals surface area contributed by atoms with E-state index in [1.165, 1.54) is 0 Å². The summed E-state index contributed by atoms with van der Waals surface area (Å²) >= 11 is 0. The summed E-state index contributed by atoms with van der Waals surface area (Å²) in [6.45, 7) is 1.54. The van der Waals surface area contributed by atoms with Crippen LogP contribution in [0.15, 0.2) is 0 Å². The maximum absolute atomic E-state index is 12.6. The summed E-state index contributed by atoms with van der Waals surface area (Å²) in [5, 5.41) is 8.95. The zero-order valence-electron chi connectivity index (χ0n) is 13.2. The van der Waals surface area contributed by atoms with Gasteiger partial charge in [0.25, 0.3) is 5.91 Å². The Bertz CT molecular complexity index is 473. The molecule has 2 heterocycles. The summed E-state index contributed by atoms with van der Waals surface area (Å²) in [6.07, 6.45) is 6.31. The molecule has 1 aliphatic carbocycles. The first kappa shape index (κ1) is 18.0. The largest absolute Gasteiger partial charge is 0.351 e. The van der Waals surface area contributed by atoms with Crippen LogP contribution < -0.4 is 16.0 Å². The first-order chi connectivity index (χ1) is 10.6. The number of nitrogens with zero attached hydrogens (tertiary/aromatic N) is 1. The fourth-order valence-electron chi connectivity index (χ4n) is 3.71. The van der Waals surface area contributed by atoms with Crippen LogP contribution in [0, 0.1) is 0 Å². The number of rotatable bonds is 3. The molecule has 0 bridgehead atoms. The fraction of sp³-hybridized carbons (Fsp3) is 0.800. The number of hydrogen-bond donors (Lipinski definition) is 3. The minimum absolute atomic E-state index is 0. The van der Waals surface area contributed by atoms with Crippen molar-refractivity contribution >= 4 is 30.3 Å². The Kier molecular flexibility index (Phi) is 5.86. The highest BCUT2D eigenvalue weighted by molar-refractivity contribution is 6.09. The van der Waals surface area contributed by atoms with E-state index in [4.69, 9.17) is 0 Å². The number of piperidine rings is 1. The molecule has 0 radical (unpaired) electrons. The van der Waals surface area contributed by atoms with E-state index in [-0.39, 0.29) is 36.8 Å². The van der Waals surface area contributed by atoms with E-state index in [1.807, 2.05) is 0 Å². The average Bonchev–Trinajstić information content (AvgIpc) is 2.73. The van der Waals surface area contributed by atoms with Gasteiger partial charge in [-0.05, 0) is 32.2 Å². The van der Waals surface area contributed by atoms with Gasteiger partial charge in [0.1, 0.15) is 12.1 Å². The molecule has 0 aromatic carbocycles. The standard InChI is InChI=1S/C15H24N4O3.ClH/c20-12(17-11-5-4-8-16-9-11)10-19-13(21)15(18-14(19)22)6-2-1-3-7-15;/h11,16H,1-10H2,(H,17,20)(H,18,22);1H. The minimum Gasteiger partial charge on any atom is -0.351 e. The predicted octanol–water partition coefficient (Wildman–Crippen LogP) is 0.531. The lowest BCUT2D eigenvalue weighted by Gasteiger charge is -2.30. The lowest BCUT2D eigenvalue weighted by atomic mass is 9.82. The number of nitrogens with one attached hydrogen (secondary N) is 3. The maximum Gasteiger partial charge on any atom is 0.325 e. The Labute approximate surface area is 142 Å². The molecule has 1 saturated carbocycles. The zero-order chi connectivity index (χ0) is 15.6. The van der Waals surface area contributed by atoms with E-state index in [1.54, 1.807) is 0 Å². The van der Waals surface area contributed by atoms with Gasteiger partial charge in [-0.25, -0.2) is 4.79 Å². The van der Waals surface area contributed by atoms with Crippen LogP contribution in [0.25, 0.3) is 0 Å². The third-order valence-corrected chi connectivity index (χ3v) is 4.92. The molecule has 3 rings (SSSR count). The van der Waals surface area contributed by atoms with Crippen LogP contribution >= 0.6 is 12.4 Å². The van der Waals surface area contributed by atoms with Crippen molar-refractivity contribution in [2.75, 3.05) is 19.6 Å². The molecule has 23 heavy (non-hydrogen) atoms. The summed E-state index contributed by atoms with van der Waals surface area (Å²) in [5.41, 5.74) is -0.748. The van der Waals surface area contributed by atoms with Gasteiger partial charge in [0, 0.05) is 12.6 Å². The molecule has 2 aliphatic heterocycles. The molecule has 1 atom stereocenters. The predicted molar refractivity (Wildman–Crippen MR) is 87.3 cm³/mol. The van der Waals surface area contributed by atoms with Crippen molar-refractivity contribution in [3.63, 3.8) is 0 Å². The van der Waals surface area contributed by atoms with E-state index >= 15 is 0 Å². The second kappa shape index (κ2) is 7.49. The monoisotopic (exact) mass is 344 g/mol. The molecule has 4 amide bonds. The molecule has 3 aliphatic rings. The van der Waals surface area contributed by atoms with Crippen LogP contribution in [0.2, 0.25) is 0 Å². The van der Waals surface area contributed by atoms with Gasteiger partial charge in [0.2, 0.25) is 5.91 Å². The SMILES string of the molecule is Cl.O=C(CN1C(=O)NC2(CCCCC2)C1=O)NC1CCCNC1. The van der Waals surface area contributed by atoms with Gasteiger partial charge in [0.05, 0.1) is 0 Å². The van der Waals surface area contributed by atoms with E-state index in [9.17, 15) is 14.4 Å². The van der Waals surface area contributed by atoms with Crippen molar-refractivity contribution in [1.29, 1.82) is 0 Å². The van der Waals surface area contributed by atoms with Crippen LogP contribution in [-0.2, 0) is 9.59 Å². The summed E-state index contributed by atoms with van der Waals surface area (Å²) in [7, 11) is 0. The fourth-order valence-corrected chi connectivity index (χ4v) is 3.71. The summed E-state index contributed by atoms with van der Waals surface area (Å²) < 4.78 is 0. The van der Waals surface area contributed by atoms with Crippen LogP contribution in [0.5, 0.6) is 0 Å². The number of halogens is 1. The normalized spacial score (nSPS) is 26.6. The Hall–Kier alpha value is -1.34. The molecule has 0 aromatic rings. The second-order valence-electron chi connectivity index (χ2n) is 6.58. The van der Waals surface area contributed by atoms with E-state index in [0.717, 1.165) is 50.1 Å². The Balaban J connectivity index is 0.00000192. The molecule has 130 valence electrons. The molecule has 7 nitrogen and oxygen atoms in total. The van der Waals surface area contributed by atoms with Gasteiger partial charge >= 0.3 is 6.03 Å². The first-order valence-electron chi connectivity index (χ1n) is 8.25. The molecule has 1 spiro atoms. The van der Waals surface area contributed by atoms with Gasteiger partial charge in [0.15, 0.2) is 0 Å². The Morgan fingerprint density at radius 1 is 1.22 bits per heavy atom. The first-order valence-corrected chi connectivity index (χ1v) is 8.25. The van der Waals surface area contributed by atoms with Crippen molar-refractivity contribution in [2.45, 2.75) is 56.5 Å². The number of imide groups is 1. The molecular weight excluding hydrogens is 320 g/mol.